The molecule has 0 aliphatic carbocycles. The van der Waals surface area contributed by atoms with Crippen molar-refractivity contribution in [1.29, 1.82) is 0 Å². The van der Waals surface area contributed by atoms with Gasteiger partial charge in [0.1, 0.15) is 12.4 Å². The van der Waals surface area contributed by atoms with Crippen LogP contribution in [-0.2, 0) is 19.5 Å². The minimum Gasteiger partial charge on any atom is -0.234 e. The third kappa shape index (κ3) is 36.1. The summed E-state index contributed by atoms with van der Waals surface area (Å²) in [6.07, 6.45) is 69.8. The van der Waals surface area contributed by atoms with Gasteiger partial charge < -0.3 is 0 Å². The summed E-state index contributed by atoms with van der Waals surface area (Å²) in [5.41, 5.74) is 0. The Bertz CT molecular complexity index is 786. The van der Waals surface area contributed by atoms with Gasteiger partial charge in [-0.1, -0.05) is 271 Å². The highest BCUT2D eigenvalue weighted by molar-refractivity contribution is 4.84. The number of hydrogen-bond acceptors (Lipinski definition) is 0. The van der Waals surface area contributed by atoms with Gasteiger partial charge in [0.25, 0.3) is 5.82 Å². The van der Waals surface area contributed by atoms with Gasteiger partial charge >= 0.3 is 0 Å². The summed E-state index contributed by atoms with van der Waals surface area (Å²) in [4.78, 5) is 0. The molecule has 0 aromatic carbocycles. The van der Waals surface area contributed by atoms with Crippen molar-refractivity contribution >= 4 is 0 Å². The van der Waals surface area contributed by atoms with E-state index in [-0.39, 0.29) is 0 Å². The fraction of sp³-hybridized carbons (Fsp3) is 0.943. The lowest BCUT2D eigenvalue weighted by Crippen LogP contribution is -2.37. The number of hydrogen-bond donors (Lipinski definition) is 0. The topological polar surface area (TPSA) is 8.81 Å². The fourth-order valence-corrected chi connectivity index (χ4v) is 8.98. The largest absolute Gasteiger partial charge is 0.256 e. The summed E-state index contributed by atoms with van der Waals surface area (Å²) in [7, 11) is 0. The van der Waals surface area contributed by atoms with E-state index in [0.717, 1.165) is 0 Å². The number of aryl methyl sites for hydroxylation is 2. The molecule has 1 rings (SSSR count). The van der Waals surface area contributed by atoms with Gasteiger partial charge in [-0.2, -0.15) is 0 Å². The van der Waals surface area contributed by atoms with E-state index in [0.29, 0.717) is 0 Å². The number of unbranched alkanes of at least 4 members (excludes halogenated alkanes) is 41. The Morgan fingerprint density at radius 2 is 0.564 bits per heavy atom. The molecular formula is C53H105N2+. The SMILES string of the molecule is CCCCCCCCCCCCCCCCCCCn1cc[n+](CCCCCCCCCCCCCCCCCCC)c1CCCCCCCCCCCC. The molecule has 0 fully saturated rings. The molecule has 1 aromatic rings. The molecule has 2 nitrogen and oxygen atoms in total. The zero-order valence-corrected chi connectivity index (χ0v) is 38.8. The summed E-state index contributed by atoms with van der Waals surface area (Å²) < 4.78 is 5.32. The maximum absolute atomic E-state index is 2.66. The molecule has 0 unspecified atom stereocenters. The van der Waals surface area contributed by atoms with E-state index in [1.54, 1.807) is 5.82 Å². The second-order valence-electron chi connectivity index (χ2n) is 18.3. The summed E-state index contributed by atoms with van der Waals surface area (Å²) >= 11 is 0. The van der Waals surface area contributed by atoms with Gasteiger partial charge in [-0.3, -0.25) is 0 Å². The van der Waals surface area contributed by atoms with E-state index in [1.165, 1.54) is 302 Å². The molecule has 0 bridgehead atoms. The van der Waals surface area contributed by atoms with Crippen LogP contribution in [0.2, 0.25) is 0 Å². The molecule has 0 spiro atoms. The molecule has 0 aliphatic heterocycles. The van der Waals surface area contributed by atoms with Crippen LogP contribution in [0.25, 0.3) is 0 Å². The van der Waals surface area contributed by atoms with Crippen molar-refractivity contribution in [3.8, 4) is 0 Å². The van der Waals surface area contributed by atoms with Gasteiger partial charge in [0, 0.05) is 6.42 Å². The van der Waals surface area contributed by atoms with Gasteiger partial charge in [-0.05, 0) is 32.1 Å². The zero-order chi connectivity index (χ0) is 39.4. The quantitative estimate of drug-likeness (QED) is 0.0461. The zero-order valence-electron chi connectivity index (χ0n) is 38.8. The number of nitrogens with zero attached hydrogens (tertiary/aromatic N) is 2. The highest BCUT2D eigenvalue weighted by Gasteiger charge is 2.16. The number of rotatable bonds is 47. The van der Waals surface area contributed by atoms with Crippen LogP contribution >= 0.6 is 0 Å². The van der Waals surface area contributed by atoms with Crippen molar-refractivity contribution < 1.29 is 4.57 Å². The summed E-state index contributed by atoms with van der Waals surface area (Å²) in [6, 6.07) is 0. The van der Waals surface area contributed by atoms with Crippen LogP contribution in [0, 0.1) is 0 Å². The van der Waals surface area contributed by atoms with Crippen molar-refractivity contribution in [2.24, 2.45) is 0 Å². The van der Waals surface area contributed by atoms with E-state index in [4.69, 9.17) is 0 Å². The smallest absolute Gasteiger partial charge is 0.234 e. The van der Waals surface area contributed by atoms with Crippen molar-refractivity contribution in [2.45, 2.75) is 323 Å². The Kier molecular flexibility index (Phi) is 42.1. The second kappa shape index (κ2) is 44.3. The van der Waals surface area contributed by atoms with E-state index in [9.17, 15) is 0 Å². The third-order valence-electron chi connectivity index (χ3n) is 12.8. The molecule has 2 heteroatoms. The lowest BCUT2D eigenvalue weighted by atomic mass is 10.0. The number of aromatic nitrogens is 2. The van der Waals surface area contributed by atoms with Gasteiger partial charge in [0.2, 0.25) is 0 Å². The van der Waals surface area contributed by atoms with Crippen LogP contribution in [0.5, 0.6) is 0 Å². The Hall–Kier alpha value is -0.790. The minimum absolute atomic E-state index is 1.23. The third-order valence-corrected chi connectivity index (χ3v) is 12.8. The molecule has 0 saturated carbocycles. The molecule has 326 valence electrons. The maximum atomic E-state index is 2.66. The molecule has 0 amide bonds. The lowest BCUT2D eigenvalue weighted by molar-refractivity contribution is -0.704. The molecule has 1 heterocycles. The molecule has 0 saturated heterocycles. The summed E-state index contributed by atoms with van der Waals surface area (Å²) in [5.74, 6) is 1.63. The molecule has 55 heavy (non-hydrogen) atoms. The van der Waals surface area contributed by atoms with E-state index in [2.05, 4.69) is 42.3 Å². The van der Waals surface area contributed by atoms with Crippen molar-refractivity contribution in [3.63, 3.8) is 0 Å². The minimum atomic E-state index is 1.23. The lowest BCUT2D eigenvalue weighted by Gasteiger charge is -2.07. The monoisotopic (exact) mass is 770 g/mol. The standard InChI is InChI=1S/C53H105N2/c1-4-7-10-13-16-19-22-24-26-28-30-32-34-37-40-43-46-49-54-51-52-55(53(54)48-45-42-39-36-21-18-15-12-9-6-3)50-47-44-41-38-35-33-31-29-27-25-23-20-17-14-11-8-5-2/h51-52H,4-50H2,1-3H3/q+1. The Labute approximate surface area is 349 Å². The first-order valence-electron chi connectivity index (χ1n) is 26.4. The second-order valence-corrected chi connectivity index (χ2v) is 18.3. The summed E-state index contributed by atoms with van der Waals surface area (Å²) in [5, 5.41) is 0. The van der Waals surface area contributed by atoms with Gasteiger partial charge in [0.05, 0.1) is 13.1 Å². The molecule has 0 aliphatic rings. The maximum Gasteiger partial charge on any atom is 0.256 e. The molecule has 0 N–H and O–H groups in total. The highest BCUT2D eigenvalue weighted by Crippen LogP contribution is 2.17. The van der Waals surface area contributed by atoms with Crippen LogP contribution in [0.3, 0.4) is 0 Å². The van der Waals surface area contributed by atoms with Gasteiger partial charge in [-0.25, -0.2) is 9.13 Å². The predicted octanol–water partition coefficient (Wildman–Crippen LogP) is 18.5. The van der Waals surface area contributed by atoms with Crippen molar-refractivity contribution in [1.82, 2.24) is 4.57 Å². The van der Waals surface area contributed by atoms with Gasteiger partial charge in [-0.15, -0.1) is 0 Å². The van der Waals surface area contributed by atoms with Gasteiger partial charge in [0.15, 0.2) is 0 Å². The molecule has 0 atom stereocenters. The van der Waals surface area contributed by atoms with Crippen LogP contribution in [0.15, 0.2) is 12.4 Å². The molecular weight excluding hydrogens is 665 g/mol. The average molecular weight is 770 g/mol. The van der Waals surface area contributed by atoms with Crippen molar-refractivity contribution in [3.05, 3.63) is 18.2 Å². The van der Waals surface area contributed by atoms with E-state index < -0.39 is 0 Å². The normalized spacial score (nSPS) is 11.7. The Morgan fingerprint density at radius 1 is 0.309 bits per heavy atom. The highest BCUT2D eigenvalue weighted by atomic mass is 15.1. The van der Waals surface area contributed by atoms with Crippen molar-refractivity contribution in [2.75, 3.05) is 0 Å². The first-order chi connectivity index (χ1) is 27.3. The van der Waals surface area contributed by atoms with Crippen LogP contribution in [0.4, 0.5) is 0 Å². The van der Waals surface area contributed by atoms with Crippen LogP contribution in [-0.4, -0.2) is 4.57 Å². The Morgan fingerprint density at radius 3 is 0.873 bits per heavy atom. The van der Waals surface area contributed by atoms with Crippen LogP contribution < -0.4 is 4.57 Å². The molecule has 1 aromatic heterocycles. The van der Waals surface area contributed by atoms with E-state index >= 15 is 0 Å². The summed E-state index contributed by atoms with van der Waals surface area (Å²) in [6.45, 7) is 9.42. The number of imidazole rings is 1. The molecule has 0 radical (unpaired) electrons. The first kappa shape index (κ1) is 52.2. The fourth-order valence-electron chi connectivity index (χ4n) is 8.98. The average Bonchev–Trinajstić information content (AvgIpc) is 3.58. The first-order valence-corrected chi connectivity index (χ1v) is 26.4. The Balaban J connectivity index is 2.20. The predicted molar refractivity (Wildman–Crippen MR) is 249 cm³/mol. The van der Waals surface area contributed by atoms with Crippen LogP contribution in [0.1, 0.15) is 309 Å². The van der Waals surface area contributed by atoms with E-state index in [1.807, 2.05) is 0 Å².